The lowest BCUT2D eigenvalue weighted by Crippen LogP contribution is -2.45. The summed E-state index contributed by atoms with van der Waals surface area (Å²) in [5, 5.41) is 23.4. The van der Waals surface area contributed by atoms with E-state index in [2.05, 4.69) is 43.5 Å². The largest absolute Gasteiger partial charge is 0.466 e. The van der Waals surface area contributed by atoms with Gasteiger partial charge in [0.05, 0.1) is 25.4 Å². The fourth-order valence-corrected chi connectivity index (χ4v) is 10.7. The molecule has 0 aromatic heterocycles. The fourth-order valence-electron chi connectivity index (χ4n) is 10.7. The number of ether oxygens (including phenoxy) is 1. The normalized spacial score (nSPS) is 12.6. The molecule has 1 amide bonds. The monoisotopic (exact) mass is 1060 g/mol. The van der Waals surface area contributed by atoms with Crippen LogP contribution in [0.15, 0.2) is 24.3 Å². The maximum Gasteiger partial charge on any atom is 0.305 e. The van der Waals surface area contributed by atoms with Gasteiger partial charge in [-0.3, -0.25) is 9.59 Å². The number of aliphatic hydroxyl groups excluding tert-OH is 2. The molecule has 6 heteroatoms. The molecule has 0 rings (SSSR count). The van der Waals surface area contributed by atoms with E-state index in [0.29, 0.717) is 25.9 Å². The number of rotatable bonds is 64. The van der Waals surface area contributed by atoms with Crippen molar-refractivity contribution in [2.24, 2.45) is 0 Å². The molecule has 6 nitrogen and oxygen atoms in total. The van der Waals surface area contributed by atoms with Gasteiger partial charge in [0.1, 0.15) is 0 Å². The van der Waals surface area contributed by atoms with Crippen LogP contribution in [0.4, 0.5) is 0 Å². The molecule has 0 aliphatic carbocycles. The van der Waals surface area contributed by atoms with Crippen LogP contribution in [-0.4, -0.2) is 47.4 Å². The number of hydrogen-bond donors (Lipinski definition) is 3. The third-order valence-corrected chi connectivity index (χ3v) is 16.0. The first-order chi connectivity index (χ1) is 37.0. The van der Waals surface area contributed by atoms with Crippen LogP contribution in [0, 0.1) is 0 Å². The van der Waals surface area contributed by atoms with Gasteiger partial charge in [-0.25, -0.2) is 0 Å². The summed E-state index contributed by atoms with van der Waals surface area (Å²) in [6, 6.07) is -0.547. The van der Waals surface area contributed by atoms with Crippen LogP contribution in [0.1, 0.15) is 380 Å². The van der Waals surface area contributed by atoms with E-state index in [9.17, 15) is 19.8 Å². The van der Waals surface area contributed by atoms with Crippen molar-refractivity contribution in [1.82, 2.24) is 5.32 Å². The molecule has 0 radical (unpaired) electrons. The molecule has 0 aliphatic rings. The van der Waals surface area contributed by atoms with Crippen LogP contribution < -0.4 is 5.32 Å². The van der Waals surface area contributed by atoms with Gasteiger partial charge in [-0.2, -0.15) is 0 Å². The van der Waals surface area contributed by atoms with Gasteiger partial charge in [-0.15, -0.1) is 0 Å². The quantitative estimate of drug-likeness (QED) is 0.0320. The lowest BCUT2D eigenvalue weighted by atomic mass is 10.0. The van der Waals surface area contributed by atoms with Crippen molar-refractivity contribution in [1.29, 1.82) is 0 Å². The molecule has 0 heterocycles. The van der Waals surface area contributed by atoms with E-state index in [0.717, 1.165) is 44.9 Å². The molecule has 0 saturated carbocycles. The number of allylic oxidation sites excluding steroid dienone is 4. The summed E-state index contributed by atoms with van der Waals surface area (Å²) < 4.78 is 5.50. The minimum absolute atomic E-state index is 0.00788. The molecule has 0 spiro atoms. The SMILES string of the molecule is CCCCCCCCC/C=C\CCCCCCCCCC(=O)OCCCCCCCCCCCCC/C=C\CCCCCCCCCC(=O)NC(CO)C(O)CCCCCCCCCCCCCCCCCCCC. The van der Waals surface area contributed by atoms with E-state index in [1.165, 1.54) is 302 Å². The average Bonchev–Trinajstić information content (AvgIpc) is 3.41. The number of aliphatic hydroxyl groups is 2. The Morgan fingerprint density at radius 2 is 0.627 bits per heavy atom. The highest BCUT2D eigenvalue weighted by Crippen LogP contribution is 2.18. The topological polar surface area (TPSA) is 95.9 Å². The maximum atomic E-state index is 12.5. The van der Waals surface area contributed by atoms with E-state index in [1.807, 2.05) is 0 Å². The molecule has 2 atom stereocenters. The van der Waals surface area contributed by atoms with Gasteiger partial charge >= 0.3 is 5.97 Å². The first-order valence-corrected chi connectivity index (χ1v) is 34.1. The highest BCUT2D eigenvalue weighted by atomic mass is 16.5. The zero-order valence-corrected chi connectivity index (χ0v) is 50.8. The van der Waals surface area contributed by atoms with Gasteiger partial charge in [-0.05, 0) is 77.0 Å². The zero-order valence-electron chi connectivity index (χ0n) is 50.8. The number of unbranched alkanes of at least 4 members (excludes halogenated alkanes) is 49. The molecule has 444 valence electrons. The molecule has 0 fully saturated rings. The van der Waals surface area contributed by atoms with Crippen LogP contribution in [0.5, 0.6) is 0 Å². The molecule has 75 heavy (non-hydrogen) atoms. The third-order valence-electron chi connectivity index (χ3n) is 16.0. The number of esters is 1. The van der Waals surface area contributed by atoms with E-state index in [4.69, 9.17) is 4.74 Å². The van der Waals surface area contributed by atoms with E-state index in [1.54, 1.807) is 0 Å². The summed E-state index contributed by atoms with van der Waals surface area (Å²) in [7, 11) is 0. The smallest absolute Gasteiger partial charge is 0.305 e. The molecule has 0 aliphatic heterocycles. The second kappa shape index (κ2) is 64.9. The zero-order chi connectivity index (χ0) is 54.3. The van der Waals surface area contributed by atoms with Crippen molar-refractivity contribution in [3.05, 3.63) is 24.3 Å². The van der Waals surface area contributed by atoms with Crippen molar-refractivity contribution >= 4 is 11.9 Å². The van der Waals surface area contributed by atoms with Crippen LogP contribution in [-0.2, 0) is 14.3 Å². The maximum absolute atomic E-state index is 12.5. The Labute approximate surface area is 469 Å². The first-order valence-electron chi connectivity index (χ1n) is 34.1. The van der Waals surface area contributed by atoms with Crippen molar-refractivity contribution in [3.63, 3.8) is 0 Å². The summed E-state index contributed by atoms with van der Waals surface area (Å²) in [5.74, 6) is -0.0308. The van der Waals surface area contributed by atoms with Crippen LogP contribution in [0.25, 0.3) is 0 Å². The van der Waals surface area contributed by atoms with Gasteiger partial charge in [0.15, 0.2) is 0 Å². The summed E-state index contributed by atoms with van der Waals surface area (Å²) in [6.07, 6.45) is 80.6. The standard InChI is InChI=1S/C69H133NO5/c1-3-5-7-9-11-13-15-17-19-21-29-33-37-41-45-49-53-57-61-67(72)66(65-71)70-68(73)62-58-54-50-46-42-38-34-30-27-25-23-24-26-28-32-36-40-44-48-52-56-60-64-75-69(74)63-59-55-51-47-43-39-35-31-22-20-18-16-14-12-10-8-6-4-2/h20,22,25,27,66-67,71-72H,3-19,21,23-24,26,28-65H2,1-2H3,(H,70,73)/b22-20-,27-25-. The minimum atomic E-state index is -0.669. The Bertz CT molecular complexity index is 1170. The number of carbonyl (C=O) groups is 2. The molecule has 2 unspecified atom stereocenters. The Morgan fingerprint density at radius 1 is 0.360 bits per heavy atom. The van der Waals surface area contributed by atoms with E-state index in [-0.39, 0.29) is 18.5 Å². The Balaban J connectivity index is 3.40. The number of amides is 1. The molecule has 0 aromatic carbocycles. The summed E-state index contributed by atoms with van der Waals surface area (Å²) in [4.78, 5) is 24.6. The van der Waals surface area contributed by atoms with Crippen molar-refractivity contribution in [2.45, 2.75) is 392 Å². The molecule has 0 bridgehead atoms. The van der Waals surface area contributed by atoms with Crippen molar-refractivity contribution in [3.8, 4) is 0 Å². The number of nitrogens with one attached hydrogen (secondary N) is 1. The van der Waals surface area contributed by atoms with E-state index >= 15 is 0 Å². The Hall–Kier alpha value is -1.66. The number of hydrogen-bond acceptors (Lipinski definition) is 5. The predicted molar refractivity (Wildman–Crippen MR) is 329 cm³/mol. The first kappa shape index (κ1) is 73.3. The molecule has 3 N–H and O–H groups in total. The van der Waals surface area contributed by atoms with Gasteiger partial charge in [0, 0.05) is 12.8 Å². The van der Waals surface area contributed by atoms with Crippen LogP contribution in [0.2, 0.25) is 0 Å². The fraction of sp³-hybridized carbons (Fsp3) is 0.913. The predicted octanol–water partition coefficient (Wildman–Crippen LogP) is 21.8. The van der Waals surface area contributed by atoms with E-state index < -0.39 is 12.1 Å². The minimum Gasteiger partial charge on any atom is -0.466 e. The van der Waals surface area contributed by atoms with Gasteiger partial charge in [0.2, 0.25) is 5.91 Å². The summed E-state index contributed by atoms with van der Waals surface area (Å²) >= 11 is 0. The summed E-state index contributed by atoms with van der Waals surface area (Å²) in [5.41, 5.74) is 0. The Morgan fingerprint density at radius 3 is 0.947 bits per heavy atom. The Kier molecular flexibility index (Phi) is 63.4. The second-order valence-electron chi connectivity index (χ2n) is 23.5. The second-order valence-corrected chi connectivity index (χ2v) is 23.5. The van der Waals surface area contributed by atoms with Crippen LogP contribution >= 0.6 is 0 Å². The highest BCUT2D eigenvalue weighted by Gasteiger charge is 2.20. The highest BCUT2D eigenvalue weighted by molar-refractivity contribution is 5.76. The third kappa shape index (κ3) is 61.4. The average molecular weight is 1060 g/mol. The van der Waals surface area contributed by atoms with Gasteiger partial charge < -0.3 is 20.3 Å². The number of carbonyl (C=O) groups excluding carboxylic acids is 2. The van der Waals surface area contributed by atoms with Gasteiger partial charge in [0.25, 0.3) is 0 Å². The molecule has 0 saturated heterocycles. The lowest BCUT2D eigenvalue weighted by Gasteiger charge is -2.22. The van der Waals surface area contributed by atoms with Crippen molar-refractivity contribution < 1.29 is 24.5 Å². The lowest BCUT2D eigenvalue weighted by molar-refractivity contribution is -0.143. The summed E-state index contributed by atoms with van der Waals surface area (Å²) in [6.45, 7) is 4.98. The molecular formula is C69H133NO5. The molecular weight excluding hydrogens is 923 g/mol. The van der Waals surface area contributed by atoms with Crippen LogP contribution in [0.3, 0.4) is 0 Å². The molecule has 0 aromatic rings. The van der Waals surface area contributed by atoms with Crippen molar-refractivity contribution in [2.75, 3.05) is 13.2 Å². The van der Waals surface area contributed by atoms with Gasteiger partial charge in [-0.1, -0.05) is 314 Å².